The SMILES string of the molecule is CCC1CN(c2nnc(-c3ccc(F)cc3)c3ccccc23)CCN1C(N)=O. The second kappa shape index (κ2) is 7.42. The lowest BCUT2D eigenvalue weighted by atomic mass is 10.0. The molecule has 2 amide bonds. The molecule has 1 unspecified atom stereocenters. The Balaban J connectivity index is 1.74. The minimum absolute atomic E-state index is 0.0450. The maximum Gasteiger partial charge on any atom is 0.315 e. The highest BCUT2D eigenvalue weighted by Gasteiger charge is 2.29. The molecule has 0 aliphatic carbocycles. The maximum absolute atomic E-state index is 13.3. The van der Waals surface area contributed by atoms with E-state index in [1.54, 1.807) is 17.0 Å². The number of amides is 2. The third-order valence-corrected chi connectivity index (χ3v) is 5.32. The van der Waals surface area contributed by atoms with Gasteiger partial charge in [-0.05, 0) is 30.7 Å². The molecule has 0 radical (unpaired) electrons. The molecule has 28 heavy (non-hydrogen) atoms. The predicted octanol–water partition coefficient (Wildman–Crippen LogP) is 3.42. The Labute approximate surface area is 162 Å². The number of halogens is 1. The summed E-state index contributed by atoms with van der Waals surface area (Å²) in [6, 6.07) is 13.9. The fourth-order valence-corrected chi connectivity index (χ4v) is 3.83. The molecule has 144 valence electrons. The van der Waals surface area contributed by atoms with Crippen molar-refractivity contribution in [1.29, 1.82) is 0 Å². The normalized spacial score (nSPS) is 17.1. The zero-order chi connectivity index (χ0) is 19.7. The lowest BCUT2D eigenvalue weighted by molar-refractivity contribution is 0.172. The van der Waals surface area contributed by atoms with Crippen molar-refractivity contribution in [1.82, 2.24) is 15.1 Å². The second-order valence-corrected chi connectivity index (χ2v) is 6.96. The number of carbonyl (C=O) groups excluding carboxylic acids is 1. The molecule has 1 atom stereocenters. The average Bonchev–Trinajstić information content (AvgIpc) is 2.73. The van der Waals surface area contributed by atoms with Gasteiger partial charge in [0.2, 0.25) is 0 Å². The number of anilines is 1. The van der Waals surface area contributed by atoms with Gasteiger partial charge in [-0.15, -0.1) is 10.2 Å². The predicted molar refractivity (Wildman–Crippen MR) is 108 cm³/mol. The number of hydrogen-bond acceptors (Lipinski definition) is 4. The lowest BCUT2D eigenvalue weighted by Crippen LogP contribution is -2.56. The Bertz CT molecular complexity index is 1010. The summed E-state index contributed by atoms with van der Waals surface area (Å²) < 4.78 is 13.3. The van der Waals surface area contributed by atoms with Crippen LogP contribution in [0.3, 0.4) is 0 Å². The van der Waals surface area contributed by atoms with Crippen LogP contribution in [0.1, 0.15) is 13.3 Å². The van der Waals surface area contributed by atoms with Gasteiger partial charge in [-0.2, -0.15) is 0 Å². The Morgan fingerprint density at radius 2 is 1.82 bits per heavy atom. The molecule has 1 fully saturated rings. The van der Waals surface area contributed by atoms with Crippen LogP contribution in [0, 0.1) is 5.82 Å². The number of nitrogens with zero attached hydrogens (tertiary/aromatic N) is 4. The van der Waals surface area contributed by atoms with Crippen LogP contribution in [-0.4, -0.2) is 46.8 Å². The van der Waals surface area contributed by atoms with E-state index in [2.05, 4.69) is 15.1 Å². The maximum atomic E-state index is 13.3. The van der Waals surface area contributed by atoms with E-state index < -0.39 is 0 Å². The highest BCUT2D eigenvalue weighted by Crippen LogP contribution is 2.32. The number of hydrogen-bond donors (Lipinski definition) is 1. The number of primary amides is 1. The van der Waals surface area contributed by atoms with Gasteiger partial charge in [-0.25, -0.2) is 9.18 Å². The van der Waals surface area contributed by atoms with Crippen LogP contribution in [0.2, 0.25) is 0 Å². The summed E-state index contributed by atoms with van der Waals surface area (Å²) in [5.41, 5.74) is 7.06. The fourth-order valence-electron chi connectivity index (χ4n) is 3.83. The summed E-state index contributed by atoms with van der Waals surface area (Å²) in [7, 11) is 0. The molecule has 2 aromatic carbocycles. The highest BCUT2D eigenvalue weighted by atomic mass is 19.1. The van der Waals surface area contributed by atoms with Crippen molar-refractivity contribution in [3.63, 3.8) is 0 Å². The average molecular weight is 379 g/mol. The summed E-state index contributed by atoms with van der Waals surface area (Å²) >= 11 is 0. The van der Waals surface area contributed by atoms with Gasteiger partial charge >= 0.3 is 6.03 Å². The van der Waals surface area contributed by atoms with E-state index in [0.717, 1.165) is 34.3 Å². The minimum Gasteiger partial charge on any atom is -0.351 e. The Hall–Kier alpha value is -3.22. The molecular formula is C21H22FN5O. The van der Waals surface area contributed by atoms with Crippen molar-refractivity contribution >= 4 is 22.6 Å². The molecule has 1 saturated heterocycles. The molecule has 0 spiro atoms. The molecule has 1 aromatic heterocycles. The number of benzene rings is 2. The largest absolute Gasteiger partial charge is 0.351 e. The van der Waals surface area contributed by atoms with Gasteiger partial charge in [0.1, 0.15) is 11.5 Å². The first-order valence-corrected chi connectivity index (χ1v) is 9.41. The van der Waals surface area contributed by atoms with E-state index in [1.165, 1.54) is 12.1 Å². The van der Waals surface area contributed by atoms with Crippen LogP contribution in [0.25, 0.3) is 22.0 Å². The van der Waals surface area contributed by atoms with Crippen molar-refractivity contribution < 1.29 is 9.18 Å². The molecule has 1 aliphatic heterocycles. The van der Waals surface area contributed by atoms with Crippen LogP contribution < -0.4 is 10.6 Å². The van der Waals surface area contributed by atoms with Gasteiger partial charge in [-0.3, -0.25) is 0 Å². The van der Waals surface area contributed by atoms with Gasteiger partial charge in [0.05, 0.1) is 6.04 Å². The highest BCUT2D eigenvalue weighted by molar-refractivity contribution is 6.00. The van der Waals surface area contributed by atoms with Gasteiger partial charge < -0.3 is 15.5 Å². The van der Waals surface area contributed by atoms with Crippen molar-refractivity contribution in [2.45, 2.75) is 19.4 Å². The number of urea groups is 1. The molecule has 2 heterocycles. The van der Waals surface area contributed by atoms with Crippen LogP contribution in [0.15, 0.2) is 48.5 Å². The van der Waals surface area contributed by atoms with Crippen molar-refractivity contribution in [3.05, 3.63) is 54.3 Å². The van der Waals surface area contributed by atoms with E-state index >= 15 is 0 Å². The standard InChI is InChI=1S/C21H22FN5O/c1-2-16-13-26(11-12-27(16)21(23)28)20-18-6-4-3-5-17(18)19(24-25-20)14-7-9-15(22)10-8-14/h3-10,16H,2,11-13H2,1H3,(H2,23,28). The zero-order valence-corrected chi connectivity index (χ0v) is 15.7. The Morgan fingerprint density at radius 1 is 1.11 bits per heavy atom. The quantitative estimate of drug-likeness (QED) is 0.757. The molecule has 0 bridgehead atoms. The summed E-state index contributed by atoms with van der Waals surface area (Å²) in [5, 5.41) is 10.9. The number of fused-ring (bicyclic) bond motifs is 1. The molecular weight excluding hydrogens is 357 g/mol. The number of aromatic nitrogens is 2. The number of rotatable bonds is 3. The van der Waals surface area contributed by atoms with E-state index in [0.29, 0.717) is 19.6 Å². The summed E-state index contributed by atoms with van der Waals surface area (Å²) in [5.74, 6) is 0.514. The minimum atomic E-state index is -0.380. The van der Waals surface area contributed by atoms with Crippen molar-refractivity contribution in [3.8, 4) is 11.3 Å². The van der Waals surface area contributed by atoms with E-state index in [-0.39, 0.29) is 17.9 Å². The van der Waals surface area contributed by atoms with Gasteiger partial charge in [0.15, 0.2) is 5.82 Å². The summed E-state index contributed by atoms with van der Waals surface area (Å²) in [6.45, 7) is 3.91. The Morgan fingerprint density at radius 3 is 2.50 bits per heavy atom. The first-order valence-electron chi connectivity index (χ1n) is 9.41. The molecule has 0 saturated carbocycles. The van der Waals surface area contributed by atoms with Crippen LogP contribution in [-0.2, 0) is 0 Å². The van der Waals surface area contributed by atoms with Crippen molar-refractivity contribution in [2.24, 2.45) is 5.73 Å². The first-order chi connectivity index (χ1) is 13.6. The second-order valence-electron chi connectivity index (χ2n) is 6.96. The number of piperazine rings is 1. The van der Waals surface area contributed by atoms with E-state index in [1.807, 2.05) is 31.2 Å². The van der Waals surface area contributed by atoms with Crippen LogP contribution >= 0.6 is 0 Å². The molecule has 1 aliphatic rings. The van der Waals surface area contributed by atoms with Gasteiger partial charge in [0.25, 0.3) is 0 Å². The van der Waals surface area contributed by atoms with Crippen LogP contribution in [0.4, 0.5) is 15.0 Å². The van der Waals surface area contributed by atoms with E-state index in [4.69, 9.17) is 5.73 Å². The van der Waals surface area contributed by atoms with Gasteiger partial charge in [-0.1, -0.05) is 31.2 Å². The molecule has 3 aromatic rings. The Kier molecular flexibility index (Phi) is 4.81. The summed E-state index contributed by atoms with van der Waals surface area (Å²) in [6.07, 6.45) is 0.818. The monoisotopic (exact) mass is 379 g/mol. The third-order valence-electron chi connectivity index (χ3n) is 5.32. The summed E-state index contributed by atoms with van der Waals surface area (Å²) in [4.78, 5) is 15.6. The first kappa shape index (κ1) is 18.2. The molecule has 7 heteroatoms. The molecule has 6 nitrogen and oxygen atoms in total. The van der Waals surface area contributed by atoms with E-state index in [9.17, 15) is 9.18 Å². The van der Waals surface area contributed by atoms with Crippen molar-refractivity contribution in [2.75, 3.05) is 24.5 Å². The molecule has 4 rings (SSSR count). The molecule has 2 N–H and O–H groups in total. The number of carbonyl (C=O) groups is 1. The van der Waals surface area contributed by atoms with Crippen LogP contribution in [0.5, 0.6) is 0 Å². The fraction of sp³-hybridized carbons (Fsp3) is 0.286. The third kappa shape index (κ3) is 3.24. The lowest BCUT2D eigenvalue weighted by Gasteiger charge is -2.41. The zero-order valence-electron chi connectivity index (χ0n) is 15.7. The number of nitrogens with two attached hydrogens (primary N) is 1. The van der Waals surface area contributed by atoms with Gasteiger partial charge in [0, 0.05) is 36.0 Å². The smallest absolute Gasteiger partial charge is 0.315 e. The topological polar surface area (TPSA) is 75.3 Å².